The molecule has 2 aromatic rings. The van der Waals surface area contributed by atoms with E-state index in [0.717, 1.165) is 25.8 Å². The average Bonchev–Trinajstić information content (AvgIpc) is 3.39. The molecule has 4 rings (SSSR count). The predicted octanol–water partition coefficient (Wildman–Crippen LogP) is 2.39. The fourth-order valence-electron chi connectivity index (χ4n) is 4.31. The average molecular weight is 370 g/mol. The summed E-state index contributed by atoms with van der Waals surface area (Å²) >= 11 is 0. The standard InChI is InChI=1S/C20H26N4O3/c1-15(2)24-9-3-6-20(19(24)26)7-10-23(13-20)18(25)17-5-4-16(27-17)12-22-11-8-21-14-22/h4-5,8,11,14-15H,3,6-7,9-10,12-13H2,1-2H3/t20-/m0/s1. The van der Waals surface area contributed by atoms with Crippen LogP contribution in [0.5, 0.6) is 0 Å². The molecule has 0 N–H and O–H groups in total. The van der Waals surface area contributed by atoms with Crippen LogP contribution in [0.3, 0.4) is 0 Å². The third kappa shape index (κ3) is 3.26. The molecule has 0 bridgehead atoms. The summed E-state index contributed by atoms with van der Waals surface area (Å²) in [6.45, 7) is 6.57. The summed E-state index contributed by atoms with van der Waals surface area (Å²) in [5.74, 6) is 1.13. The molecular formula is C20H26N4O3. The lowest BCUT2D eigenvalue weighted by atomic mass is 9.78. The first-order valence-corrected chi connectivity index (χ1v) is 9.63. The molecule has 27 heavy (non-hydrogen) atoms. The van der Waals surface area contributed by atoms with Crippen LogP contribution in [-0.4, -0.2) is 56.8 Å². The number of carbonyl (C=O) groups is 2. The molecule has 2 saturated heterocycles. The van der Waals surface area contributed by atoms with Crippen molar-refractivity contribution in [3.8, 4) is 0 Å². The lowest BCUT2D eigenvalue weighted by molar-refractivity contribution is -0.147. The molecular weight excluding hydrogens is 344 g/mol. The molecule has 2 amide bonds. The maximum atomic E-state index is 13.0. The molecule has 144 valence electrons. The van der Waals surface area contributed by atoms with Gasteiger partial charge in [0.2, 0.25) is 5.91 Å². The van der Waals surface area contributed by atoms with E-state index in [9.17, 15) is 9.59 Å². The highest BCUT2D eigenvalue weighted by atomic mass is 16.4. The number of rotatable bonds is 4. The Bertz CT molecular complexity index is 826. The molecule has 0 aromatic carbocycles. The van der Waals surface area contributed by atoms with Crippen LogP contribution in [0.1, 0.15) is 49.4 Å². The van der Waals surface area contributed by atoms with Crippen LogP contribution in [0.25, 0.3) is 0 Å². The van der Waals surface area contributed by atoms with Crippen LogP contribution in [0.4, 0.5) is 0 Å². The van der Waals surface area contributed by atoms with E-state index in [-0.39, 0.29) is 17.9 Å². The first-order chi connectivity index (χ1) is 13.0. The third-order valence-corrected chi connectivity index (χ3v) is 5.80. The zero-order valence-electron chi connectivity index (χ0n) is 15.9. The van der Waals surface area contributed by atoms with Crippen LogP contribution in [0.2, 0.25) is 0 Å². The van der Waals surface area contributed by atoms with Gasteiger partial charge in [-0.1, -0.05) is 0 Å². The fourth-order valence-corrected chi connectivity index (χ4v) is 4.31. The predicted molar refractivity (Wildman–Crippen MR) is 99.1 cm³/mol. The lowest BCUT2D eigenvalue weighted by Crippen LogP contribution is -2.52. The van der Waals surface area contributed by atoms with Gasteiger partial charge in [-0.3, -0.25) is 9.59 Å². The Morgan fingerprint density at radius 2 is 2.15 bits per heavy atom. The fraction of sp³-hybridized carbons (Fsp3) is 0.550. The molecule has 7 heteroatoms. The van der Waals surface area contributed by atoms with Gasteiger partial charge in [0.05, 0.1) is 18.3 Å². The highest BCUT2D eigenvalue weighted by Crippen LogP contribution is 2.41. The Hall–Kier alpha value is -2.57. The number of hydrogen-bond donors (Lipinski definition) is 0. The van der Waals surface area contributed by atoms with Crippen molar-refractivity contribution in [3.05, 3.63) is 42.4 Å². The van der Waals surface area contributed by atoms with Crippen molar-refractivity contribution in [2.75, 3.05) is 19.6 Å². The first kappa shape index (κ1) is 17.8. The Morgan fingerprint density at radius 3 is 2.89 bits per heavy atom. The van der Waals surface area contributed by atoms with Gasteiger partial charge in [0, 0.05) is 38.1 Å². The van der Waals surface area contributed by atoms with E-state index in [0.29, 0.717) is 31.2 Å². The highest BCUT2D eigenvalue weighted by Gasteiger charge is 2.50. The van der Waals surface area contributed by atoms with Crippen molar-refractivity contribution in [1.82, 2.24) is 19.4 Å². The lowest BCUT2D eigenvalue weighted by Gasteiger charge is -2.41. The summed E-state index contributed by atoms with van der Waals surface area (Å²) in [6, 6.07) is 3.75. The minimum atomic E-state index is -0.412. The van der Waals surface area contributed by atoms with Crippen LogP contribution < -0.4 is 0 Å². The second kappa shape index (κ2) is 6.87. The van der Waals surface area contributed by atoms with Crippen molar-refractivity contribution in [3.63, 3.8) is 0 Å². The largest absolute Gasteiger partial charge is 0.454 e. The number of amides is 2. The Balaban J connectivity index is 1.45. The first-order valence-electron chi connectivity index (χ1n) is 9.63. The van der Waals surface area contributed by atoms with Crippen LogP contribution in [0, 0.1) is 5.41 Å². The molecule has 2 fully saturated rings. The SMILES string of the molecule is CC(C)N1CCC[C@@]2(CCN(C(=O)c3ccc(Cn4ccnc4)o3)C2)C1=O. The molecule has 0 radical (unpaired) electrons. The second-order valence-electron chi connectivity index (χ2n) is 7.95. The number of imidazole rings is 1. The van der Waals surface area contributed by atoms with Crippen LogP contribution >= 0.6 is 0 Å². The van der Waals surface area contributed by atoms with E-state index in [1.54, 1.807) is 23.5 Å². The maximum Gasteiger partial charge on any atom is 0.289 e. The molecule has 2 aliphatic heterocycles. The Labute approximate surface area is 158 Å². The monoisotopic (exact) mass is 370 g/mol. The van der Waals surface area contributed by atoms with Crippen molar-refractivity contribution >= 4 is 11.8 Å². The number of furan rings is 1. The zero-order valence-corrected chi connectivity index (χ0v) is 15.9. The molecule has 4 heterocycles. The molecule has 2 aromatic heterocycles. The van der Waals surface area contributed by atoms with Gasteiger partial charge in [0.1, 0.15) is 5.76 Å². The third-order valence-electron chi connectivity index (χ3n) is 5.80. The van der Waals surface area contributed by atoms with Gasteiger partial charge >= 0.3 is 0 Å². The topological polar surface area (TPSA) is 71.6 Å². The highest BCUT2D eigenvalue weighted by molar-refractivity contribution is 5.93. The van der Waals surface area contributed by atoms with Gasteiger partial charge in [-0.15, -0.1) is 0 Å². The van der Waals surface area contributed by atoms with Gasteiger partial charge in [0.25, 0.3) is 5.91 Å². The Morgan fingerprint density at radius 1 is 1.30 bits per heavy atom. The Kier molecular flexibility index (Phi) is 4.53. The number of nitrogens with zero attached hydrogens (tertiary/aromatic N) is 4. The zero-order chi connectivity index (χ0) is 19.0. The minimum absolute atomic E-state index is 0.127. The summed E-state index contributed by atoms with van der Waals surface area (Å²) in [7, 11) is 0. The van der Waals surface area contributed by atoms with Crippen molar-refractivity contribution in [2.24, 2.45) is 5.41 Å². The van der Waals surface area contributed by atoms with Crippen molar-refractivity contribution in [2.45, 2.75) is 45.7 Å². The van der Waals surface area contributed by atoms with E-state index in [2.05, 4.69) is 18.8 Å². The molecule has 0 unspecified atom stereocenters. The van der Waals surface area contributed by atoms with Crippen molar-refractivity contribution in [1.29, 1.82) is 0 Å². The molecule has 7 nitrogen and oxygen atoms in total. The molecule has 2 aliphatic rings. The number of piperidine rings is 1. The molecule has 1 atom stereocenters. The van der Waals surface area contributed by atoms with E-state index >= 15 is 0 Å². The number of hydrogen-bond acceptors (Lipinski definition) is 4. The summed E-state index contributed by atoms with van der Waals surface area (Å²) in [5.41, 5.74) is -0.412. The summed E-state index contributed by atoms with van der Waals surface area (Å²) in [4.78, 5) is 33.7. The van der Waals surface area contributed by atoms with E-state index in [1.165, 1.54) is 0 Å². The minimum Gasteiger partial charge on any atom is -0.454 e. The second-order valence-corrected chi connectivity index (χ2v) is 7.95. The normalized spacial score (nSPS) is 23.0. The summed E-state index contributed by atoms with van der Waals surface area (Å²) < 4.78 is 7.65. The smallest absolute Gasteiger partial charge is 0.289 e. The van der Waals surface area contributed by atoms with Gasteiger partial charge in [-0.05, 0) is 45.2 Å². The van der Waals surface area contributed by atoms with E-state index < -0.39 is 5.41 Å². The number of carbonyl (C=O) groups excluding carboxylic acids is 2. The van der Waals surface area contributed by atoms with Crippen LogP contribution in [0.15, 0.2) is 35.3 Å². The van der Waals surface area contributed by atoms with E-state index in [4.69, 9.17) is 4.42 Å². The van der Waals surface area contributed by atoms with Crippen LogP contribution in [-0.2, 0) is 11.3 Å². The van der Waals surface area contributed by atoms with Crippen molar-refractivity contribution < 1.29 is 14.0 Å². The quantitative estimate of drug-likeness (QED) is 0.828. The van der Waals surface area contributed by atoms with Gasteiger partial charge in [-0.25, -0.2) is 4.98 Å². The maximum absolute atomic E-state index is 13.0. The summed E-state index contributed by atoms with van der Waals surface area (Å²) in [6.07, 6.45) is 7.88. The number of likely N-dealkylation sites (tertiary alicyclic amines) is 2. The van der Waals surface area contributed by atoms with E-state index in [1.807, 2.05) is 21.7 Å². The number of aromatic nitrogens is 2. The molecule has 1 spiro atoms. The summed E-state index contributed by atoms with van der Waals surface area (Å²) in [5, 5.41) is 0. The molecule has 0 saturated carbocycles. The van der Waals surface area contributed by atoms with Gasteiger partial charge < -0.3 is 18.8 Å². The van der Waals surface area contributed by atoms with Gasteiger partial charge in [0.15, 0.2) is 5.76 Å². The molecule has 0 aliphatic carbocycles. The van der Waals surface area contributed by atoms with Gasteiger partial charge in [-0.2, -0.15) is 0 Å².